The number of nitrogens with zero attached hydrogens (tertiary/aromatic N) is 2. The van der Waals surface area contributed by atoms with Crippen LogP contribution in [0.5, 0.6) is 5.88 Å². The molecule has 1 aromatic rings. The van der Waals surface area contributed by atoms with Crippen LogP contribution >= 0.6 is 0 Å². The van der Waals surface area contributed by atoms with Crippen molar-refractivity contribution in [2.24, 2.45) is 5.92 Å². The molecule has 0 aromatic carbocycles. The monoisotopic (exact) mass is 289 g/mol. The van der Waals surface area contributed by atoms with Gasteiger partial charge in [0.25, 0.3) is 0 Å². The summed E-state index contributed by atoms with van der Waals surface area (Å²) in [4.78, 5) is 7.22. The number of ether oxygens (including phenoxy) is 1. The van der Waals surface area contributed by atoms with Crippen LogP contribution in [0.15, 0.2) is 18.2 Å². The predicted octanol–water partition coefficient (Wildman–Crippen LogP) is 2.44. The molecule has 21 heavy (non-hydrogen) atoms. The molecule has 116 valence electrons. The third kappa shape index (κ3) is 3.06. The van der Waals surface area contributed by atoms with E-state index in [1.807, 2.05) is 12.1 Å². The van der Waals surface area contributed by atoms with Crippen molar-refractivity contribution in [1.29, 1.82) is 0 Å². The quantitative estimate of drug-likeness (QED) is 0.924. The molecule has 2 aliphatic rings. The van der Waals surface area contributed by atoms with E-state index in [9.17, 15) is 0 Å². The zero-order valence-corrected chi connectivity index (χ0v) is 13.6. The van der Waals surface area contributed by atoms with E-state index in [1.165, 1.54) is 12.8 Å². The molecule has 2 heterocycles. The van der Waals surface area contributed by atoms with Gasteiger partial charge in [0.15, 0.2) is 0 Å². The Hall–Kier alpha value is -1.13. The first-order valence-corrected chi connectivity index (χ1v) is 7.93. The Morgan fingerprint density at radius 1 is 1.33 bits per heavy atom. The Bertz CT molecular complexity index is 513. The lowest BCUT2D eigenvalue weighted by molar-refractivity contribution is 0.00423. The van der Waals surface area contributed by atoms with Gasteiger partial charge in [-0.25, -0.2) is 4.98 Å². The third-order valence-electron chi connectivity index (χ3n) is 5.03. The fourth-order valence-electron chi connectivity index (χ4n) is 3.44. The van der Waals surface area contributed by atoms with Crippen molar-refractivity contribution in [3.63, 3.8) is 0 Å². The minimum Gasteiger partial charge on any atom is -0.481 e. The lowest BCUT2D eigenvalue weighted by Crippen LogP contribution is -2.67. The molecule has 0 spiro atoms. The summed E-state index contributed by atoms with van der Waals surface area (Å²) in [6.45, 7) is 9.99. The Morgan fingerprint density at radius 2 is 2.10 bits per heavy atom. The van der Waals surface area contributed by atoms with E-state index in [0.717, 1.165) is 31.2 Å². The van der Waals surface area contributed by atoms with E-state index in [4.69, 9.17) is 4.74 Å². The Balaban J connectivity index is 1.81. The molecule has 1 saturated carbocycles. The highest BCUT2D eigenvalue weighted by Crippen LogP contribution is 2.45. The van der Waals surface area contributed by atoms with Crippen molar-refractivity contribution in [2.75, 3.05) is 20.2 Å². The standard InChI is InChI=1S/C17H27N3O/c1-16(2)12-20(17(3,11-18-16)13-8-9-13)10-14-6-5-7-15(19-14)21-4/h5-7,13,18H,8-12H2,1-4H3. The largest absolute Gasteiger partial charge is 0.481 e. The van der Waals surface area contributed by atoms with Gasteiger partial charge in [0.1, 0.15) is 0 Å². The van der Waals surface area contributed by atoms with Crippen molar-refractivity contribution >= 4 is 0 Å². The second-order valence-electron chi connectivity index (χ2n) is 7.40. The first-order valence-electron chi connectivity index (χ1n) is 7.93. The maximum atomic E-state index is 5.25. The first-order chi connectivity index (χ1) is 9.93. The smallest absolute Gasteiger partial charge is 0.213 e. The molecule has 0 bridgehead atoms. The van der Waals surface area contributed by atoms with Crippen molar-refractivity contribution in [2.45, 2.75) is 51.2 Å². The SMILES string of the molecule is COc1cccc(CN2CC(C)(C)NCC2(C)C2CC2)n1. The predicted molar refractivity (Wildman–Crippen MR) is 84.4 cm³/mol. The van der Waals surface area contributed by atoms with Gasteiger partial charge in [-0.2, -0.15) is 0 Å². The zero-order valence-electron chi connectivity index (χ0n) is 13.6. The van der Waals surface area contributed by atoms with E-state index in [-0.39, 0.29) is 11.1 Å². The summed E-state index contributed by atoms with van der Waals surface area (Å²) >= 11 is 0. The van der Waals surface area contributed by atoms with Crippen LogP contribution in [0.4, 0.5) is 0 Å². The third-order valence-corrected chi connectivity index (χ3v) is 5.03. The van der Waals surface area contributed by atoms with Crippen LogP contribution in [-0.4, -0.2) is 41.2 Å². The van der Waals surface area contributed by atoms with Crippen LogP contribution in [-0.2, 0) is 6.54 Å². The Morgan fingerprint density at radius 3 is 2.76 bits per heavy atom. The van der Waals surface area contributed by atoms with Crippen molar-refractivity contribution in [3.05, 3.63) is 23.9 Å². The lowest BCUT2D eigenvalue weighted by Gasteiger charge is -2.51. The van der Waals surface area contributed by atoms with E-state index >= 15 is 0 Å². The molecule has 1 atom stereocenters. The van der Waals surface area contributed by atoms with Gasteiger partial charge in [-0.3, -0.25) is 4.90 Å². The molecule has 1 saturated heterocycles. The average molecular weight is 289 g/mol. The summed E-state index contributed by atoms with van der Waals surface area (Å²) in [7, 11) is 1.67. The molecule has 1 aliphatic carbocycles. The van der Waals surface area contributed by atoms with Crippen molar-refractivity contribution in [1.82, 2.24) is 15.2 Å². The van der Waals surface area contributed by atoms with Gasteiger partial charge >= 0.3 is 0 Å². The number of pyridine rings is 1. The van der Waals surface area contributed by atoms with Crippen LogP contribution in [0.2, 0.25) is 0 Å². The van der Waals surface area contributed by atoms with Gasteiger partial charge in [0, 0.05) is 36.8 Å². The second kappa shape index (κ2) is 5.25. The number of hydrogen-bond acceptors (Lipinski definition) is 4. The van der Waals surface area contributed by atoms with E-state index in [0.29, 0.717) is 5.88 Å². The summed E-state index contributed by atoms with van der Waals surface area (Å²) in [5, 5.41) is 3.72. The van der Waals surface area contributed by atoms with E-state index in [2.05, 4.69) is 42.0 Å². The van der Waals surface area contributed by atoms with Gasteiger partial charge in [0.05, 0.1) is 12.8 Å². The maximum Gasteiger partial charge on any atom is 0.213 e. The number of aromatic nitrogens is 1. The first kappa shape index (κ1) is 14.8. The number of nitrogens with one attached hydrogen (secondary N) is 1. The molecule has 0 radical (unpaired) electrons. The average Bonchev–Trinajstić information content (AvgIpc) is 3.28. The van der Waals surface area contributed by atoms with Gasteiger partial charge in [0.2, 0.25) is 5.88 Å². The fraction of sp³-hybridized carbons (Fsp3) is 0.706. The van der Waals surface area contributed by atoms with E-state index < -0.39 is 0 Å². The van der Waals surface area contributed by atoms with Gasteiger partial charge in [-0.15, -0.1) is 0 Å². The summed E-state index contributed by atoms with van der Waals surface area (Å²) in [5.41, 5.74) is 1.51. The molecular weight excluding hydrogens is 262 g/mol. The van der Waals surface area contributed by atoms with Gasteiger partial charge in [-0.05, 0) is 45.6 Å². The molecule has 4 heteroatoms. The molecule has 2 fully saturated rings. The van der Waals surface area contributed by atoms with Crippen molar-refractivity contribution in [3.8, 4) is 5.88 Å². The number of piperazine rings is 1. The molecule has 0 amide bonds. The second-order valence-corrected chi connectivity index (χ2v) is 7.40. The van der Waals surface area contributed by atoms with Crippen molar-refractivity contribution < 1.29 is 4.74 Å². The Labute approximate surface area is 127 Å². The van der Waals surface area contributed by atoms with Crippen LogP contribution in [0, 0.1) is 5.92 Å². The van der Waals surface area contributed by atoms with Gasteiger partial charge < -0.3 is 10.1 Å². The van der Waals surface area contributed by atoms with Gasteiger partial charge in [-0.1, -0.05) is 6.07 Å². The van der Waals surface area contributed by atoms with Crippen LogP contribution in [0.1, 0.15) is 39.3 Å². The summed E-state index contributed by atoms with van der Waals surface area (Å²) in [5.74, 6) is 1.53. The highest BCUT2D eigenvalue weighted by Gasteiger charge is 2.49. The summed E-state index contributed by atoms with van der Waals surface area (Å²) in [6.07, 6.45) is 2.72. The molecule has 1 unspecified atom stereocenters. The molecule has 1 aromatic heterocycles. The number of methoxy groups -OCH3 is 1. The van der Waals surface area contributed by atoms with Crippen LogP contribution < -0.4 is 10.1 Å². The molecule has 1 aliphatic heterocycles. The topological polar surface area (TPSA) is 37.4 Å². The molecule has 4 nitrogen and oxygen atoms in total. The highest BCUT2D eigenvalue weighted by molar-refractivity contribution is 5.17. The maximum absolute atomic E-state index is 5.25. The van der Waals surface area contributed by atoms with Crippen LogP contribution in [0.25, 0.3) is 0 Å². The minimum atomic E-state index is 0.160. The Kier molecular flexibility index (Phi) is 3.70. The zero-order chi connectivity index (χ0) is 15.1. The van der Waals surface area contributed by atoms with E-state index in [1.54, 1.807) is 7.11 Å². The molecule has 3 rings (SSSR count). The normalized spacial score (nSPS) is 29.3. The highest BCUT2D eigenvalue weighted by atomic mass is 16.5. The number of hydrogen-bond donors (Lipinski definition) is 1. The van der Waals surface area contributed by atoms with Crippen LogP contribution in [0.3, 0.4) is 0 Å². The number of rotatable bonds is 4. The molecule has 1 N–H and O–H groups in total. The molecular formula is C17H27N3O. The summed E-state index contributed by atoms with van der Waals surface area (Å²) < 4.78 is 5.25. The fourth-order valence-corrected chi connectivity index (χ4v) is 3.44. The summed E-state index contributed by atoms with van der Waals surface area (Å²) in [6, 6.07) is 6.04. The lowest BCUT2D eigenvalue weighted by atomic mass is 9.86. The minimum absolute atomic E-state index is 0.160.